The van der Waals surface area contributed by atoms with Gasteiger partial charge in [0.2, 0.25) is 5.91 Å². The van der Waals surface area contributed by atoms with Crippen LogP contribution >= 0.6 is 12.6 Å². The van der Waals surface area contributed by atoms with Gasteiger partial charge >= 0.3 is 5.69 Å². The Bertz CT molecular complexity index is 1580. The molecule has 0 radical (unpaired) electrons. The minimum absolute atomic E-state index is 0.256. The van der Waals surface area contributed by atoms with E-state index in [1.807, 2.05) is 54.6 Å². The number of thiol groups is 1. The summed E-state index contributed by atoms with van der Waals surface area (Å²) >= 11 is 4.75. The van der Waals surface area contributed by atoms with Gasteiger partial charge in [0, 0.05) is 17.2 Å². The fraction of sp³-hybridized carbons (Fsp3) is 0.590. The number of amides is 1. The molecule has 8 nitrogen and oxygen atoms in total. The first-order valence-corrected chi connectivity index (χ1v) is 18.6. The quantitative estimate of drug-likeness (QED) is 0.162. The van der Waals surface area contributed by atoms with Crippen LogP contribution in [0, 0.1) is 28.6 Å². The second-order valence-electron chi connectivity index (χ2n) is 14.4. The zero-order valence-corrected chi connectivity index (χ0v) is 29.9. The van der Waals surface area contributed by atoms with Gasteiger partial charge in [-0.05, 0) is 113 Å². The van der Waals surface area contributed by atoms with Crippen molar-refractivity contribution in [2.45, 2.75) is 108 Å². The molecule has 0 spiro atoms. The lowest BCUT2D eigenvalue weighted by molar-refractivity contribution is -0.122. The summed E-state index contributed by atoms with van der Waals surface area (Å²) < 4.78 is 1.80. The molecule has 3 unspecified atom stereocenters. The molecule has 3 atom stereocenters. The van der Waals surface area contributed by atoms with Crippen molar-refractivity contribution in [3.8, 4) is 6.07 Å². The highest BCUT2D eigenvalue weighted by Gasteiger charge is 2.35. The molecule has 1 aliphatic carbocycles. The summed E-state index contributed by atoms with van der Waals surface area (Å²) in [6.45, 7) is 7.39. The molecule has 258 valence electrons. The van der Waals surface area contributed by atoms with Crippen molar-refractivity contribution in [3.63, 3.8) is 0 Å². The zero-order valence-electron chi connectivity index (χ0n) is 29.0. The third kappa shape index (κ3) is 9.00. The summed E-state index contributed by atoms with van der Waals surface area (Å²) in [5.74, 6) is 1.13. The number of benzene rings is 2. The van der Waals surface area contributed by atoms with E-state index in [2.05, 4.69) is 47.5 Å². The second kappa shape index (κ2) is 16.8. The Morgan fingerprint density at radius 2 is 1.69 bits per heavy atom. The number of likely N-dealkylation sites (tertiary alicyclic amines) is 1. The molecule has 2 aliphatic rings. The van der Waals surface area contributed by atoms with Crippen molar-refractivity contribution >= 4 is 35.3 Å². The summed E-state index contributed by atoms with van der Waals surface area (Å²) in [6.07, 6.45) is 11.2. The smallest absolute Gasteiger partial charge is 0.350 e. The molecule has 9 heteroatoms. The number of nitriles is 1. The van der Waals surface area contributed by atoms with Gasteiger partial charge in [0.05, 0.1) is 11.6 Å². The molecule has 5 rings (SSSR count). The fourth-order valence-corrected chi connectivity index (χ4v) is 8.22. The highest BCUT2D eigenvalue weighted by atomic mass is 32.1. The number of nitrogens with zero attached hydrogens (tertiary/aromatic N) is 4. The first-order valence-electron chi connectivity index (χ1n) is 18.1. The molecule has 48 heavy (non-hydrogen) atoms. The van der Waals surface area contributed by atoms with Crippen LogP contribution in [0.2, 0.25) is 0 Å². The highest BCUT2D eigenvalue weighted by Crippen LogP contribution is 2.45. The normalized spacial score (nSPS) is 19.3. The average Bonchev–Trinajstić information content (AvgIpc) is 3.11. The van der Waals surface area contributed by atoms with E-state index in [1.54, 1.807) is 4.57 Å². The summed E-state index contributed by atoms with van der Waals surface area (Å²) in [7, 11) is 2.16. The van der Waals surface area contributed by atoms with Gasteiger partial charge in [-0.15, -0.1) is 0 Å². The van der Waals surface area contributed by atoms with Crippen LogP contribution in [0.5, 0.6) is 0 Å². The Morgan fingerprint density at radius 3 is 2.35 bits per heavy atom. The maximum atomic E-state index is 14.1. The summed E-state index contributed by atoms with van der Waals surface area (Å²) in [5, 5.41) is 17.0. The maximum absolute atomic E-state index is 14.1. The predicted molar refractivity (Wildman–Crippen MR) is 198 cm³/mol. The van der Waals surface area contributed by atoms with Crippen molar-refractivity contribution in [2.24, 2.45) is 17.3 Å². The Kier molecular flexibility index (Phi) is 12.6. The lowest BCUT2D eigenvalue weighted by atomic mass is 9.66. The Hall–Kier alpha value is -3.35. The van der Waals surface area contributed by atoms with E-state index in [0.29, 0.717) is 42.5 Å². The molecule has 2 fully saturated rings. The molecule has 1 saturated carbocycles. The third-order valence-corrected chi connectivity index (χ3v) is 11.9. The van der Waals surface area contributed by atoms with E-state index in [9.17, 15) is 14.9 Å². The predicted octanol–water partition coefficient (Wildman–Crippen LogP) is 6.85. The van der Waals surface area contributed by atoms with E-state index in [1.165, 1.54) is 12.8 Å². The minimum atomic E-state index is -0.776. The van der Waals surface area contributed by atoms with Gasteiger partial charge in [0.1, 0.15) is 17.9 Å². The Labute approximate surface area is 292 Å². The fourth-order valence-electron chi connectivity index (χ4n) is 7.87. The number of piperidine rings is 1. The van der Waals surface area contributed by atoms with Gasteiger partial charge in [-0.1, -0.05) is 69.2 Å². The van der Waals surface area contributed by atoms with Crippen LogP contribution in [0.4, 0.5) is 5.82 Å². The topological polar surface area (TPSA) is 103 Å². The molecular weight excluding hydrogens is 617 g/mol. The minimum Gasteiger partial charge on any atom is -0.358 e. The van der Waals surface area contributed by atoms with Gasteiger partial charge in [-0.3, -0.25) is 9.36 Å². The van der Waals surface area contributed by atoms with E-state index in [0.717, 1.165) is 74.5 Å². The van der Waals surface area contributed by atoms with Crippen molar-refractivity contribution in [3.05, 3.63) is 70.6 Å². The number of hydrogen-bond acceptors (Lipinski definition) is 7. The number of anilines is 1. The molecule has 3 aromatic rings. The number of aromatic nitrogens is 2. The number of aryl methyl sites for hydroxylation is 1. The van der Waals surface area contributed by atoms with Gasteiger partial charge in [0.25, 0.3) is 0 Å². The van der Waals surface area contributed by atoms with Crippen LogP contribution in [0.3, 0.4) is 0 Å². The van der Waals surface area contributed by atoms with E-state index in [4.69, 9.17) is 12.6 Å². The van der Waals surface area contributed by atoms with Crippen LogP contribution in [0.25, 0.3) is 10.9 Å². The summed E-state index contributed by atoms with van der Waals surface area (Å²) in [4.78, 5) is 34.6. The second-order valence-corrected chi connectivity index (χ2v) is 15.1. The van der Waals surface area contributed by atoms with Crippen LogP contribution in [-0.2, 0) is 17.8 Å². The van der Waals surface area contributed by atoms with Crippen molar-refractivity contribution in [2.75, 3.05) is 25.5 Å². The monoisotopic (exact) mass is 670 g/mol. The molecule has 1 saturated heterocycles. The number of rotatable bonds is 14. The number of carbonyl (C=O) groups excluding carboxylic acids is 1. The molecule has 1 aliphatic heterocycles. The molecule has 0 bridgehead atoms. The largest absolute Gasteiger partial charge is 0.358 e. The lowest BCUT2D eigenvalue weighted by Crippen LogP contribution is -2.49. The van der Waals surface area contributed by atoms with Gasteiger partial charge in [-0.2, -0.15) is 22.9 Å². The highest BCUT2D eigenvalue weighted by molar-refractivity contribution is 7.81. The number of carbonyl (C=O) groups is 1. The van der Waals surface area contributed by atoms with Crippen molar-refractivity contribution in [1.29, 1.82) is 5.26 Å². The van der Waals surface area contributed by atoms with E-state index in [-0.39, 0.29) is 16.8 Å². The van der Waals surface area contributed by atoms with Crippen LogP contribution in [0.15, 0.2) is 59.4 Å². The number of nitrogens with one attached hydrogen (secondary N) is 2. The summed E-state index contributed by atoms with van der Waals surface area (Å²) in [6, 6.07) is 18.6. The van der Waals surface area contributed by atoms with Gasteiger partial charge in [-0.25, -0.2) is 4.79 Å². The molecule has 1 amide bonds. The maximum Gasteiger partial charge on any atom is 0.350 e. The van der Waals surface area contributed by atoms with Crippen molar-refractivity contribution in [1.82, 2.24) is 19.8 Å². The van der Waals surface area contributed by atoms with Crippen molar-refractivity contribution < 1.29 is 4.79 Å². The van der Waals surface area contributed by atoms with Gasteiger partial charge < -0.3 is 15.5 Å². The first-order chi connectivity index (χ1) is 23.2. The van der Waals surface area contributed by atoms with Crippen LogP contribution in [0.1, 0.15) is 83.6 Å². The summed E-state index contributed by atoms with van der Waals surface area (Å²) in [5.41, 5.74) is 1.98. The molecule has 2 aromatic carbocycles. The molecular formula is C39H54N6O2S. The Morgan fingerprint density at radius 1 is 1.02 bits per heavy atom. The Balaban J connectivity index is 1.37. The number of hydrogen-bond donors (Lipinski definition) is 3. The number of fused-ring (bicyclic) bond motifs is 1. The lowest BCUT2D eigenvalue weighted by Gasteiger charge is -2.40. The standard InChI is InChI=1S/C39H54N6O2S/c1-4-39(5-2)20-15-30(16-21-39)25-32(37(46)42-33(27-40)35(48)26-29-11-7-6-8-12-29)41-36-31-13-9-10-14-34(31)45(38(47)43-36)24-19-28-17-22-44(3)23-18-28/h6-14,28,30,32-33,35,48H,4-5,15-26H2,1-3H3,(H,42,46)(H,41,43,47). The zero-order chi connectivity index (χ0) is 34.1. The van der Waals surface area contributed by atoms with Crippen LogP contribution in [-0.4, -0.2) is 57.8 Å². The molecule has 2 N–H and O–H groups in total. The third-order valence-electron chi connectivity index (χ3n) is 11.5. The SMILES string of the molecule is CCC1(CC)CCC(CC(Nc2nc(=O)n(CCC3CCN(C)CC3)c3ccccc23)C(=O)NC(C#N)C(S)Cc2ccccc2)CC1. The number of para-hydroxylation sites is 1. The van der Waals surface area contributed by atoms with Crippen LogP contribution < -0.4 is 16.3 Å². The van der Waals surface area contributed by atoms with Gasteiger partial charge in [0.15, 0.2) is 0 Å². The first kappa shape index (κ1) is 35.9. The average molecular weight is 671 g/mol. The van der Waals surface area contributed by atoms with E-state index < -0.39 is 12.1 Å². The molecule has 2 heterocycles. The van der Waals surface area contributed by atoms with E-state index >= 15 is 0 Å². The molecule has 1 aromatic heterocycles.